The fourth-order valence-corrected chi connectivity index (χ4v) is 2.03. The highest BCUT2D eigenvalue weighted by Crippen LogP contribution is 2.45. The topological polar surface area (TPSA) is 72.6 Å². The molecule has 2 amide bonds. The van der Waals surface area contributed by atoms with Gasteiger partial charge >= 0.3 is 0 Å². The van der Waals surface area contributed by atoms with Crippen molar-refractivity contribution < 1.29 is 14.3 Å². The van der Waals surface area contributed by atoms with E-state index in [-0.39, 0.29) is 29.7 Å². The van der Waals surface area contributed by atoms with Gasteiger partial charge in [0.2, 0.25) is 11.8 Å². The first-order chi connectivity index (χ1) is 6.68. The molecule has 1 heterocycles. The summed E-state index contributed by atoms with van der Waals surface area (Å²) in [5, 5.41) is 0. The van der Waals surface area contributed by atoms with Gasteiger partial charge in [-0.05, 0) is 6.42 Å². The highest BCUT2D eigenvalue weighted by molar-refractivity contribution is 6.10. The summed E-state index contributed by atoms with van der Waals surface area (Å²) in [6.45, 7) is 1.03. The number of nitrogens with two attached hydrogens (primary N) is 1. The average molecular weight is 198 g/mol. The smallest absolute Gasteiger partial charge is 0.234 e. The molecule has 2 unspecified atom stereocenters. The molecule has 0 aromatic heterocycles. The highest BCUT2D eigenvalue weighted by atomic mass is 16.5. The third kappa shape index (κ3) is 1.24. The maximum absolute atomic E-state index is 11.5. The average Bonchev–Trinajstić information content (AvgIpc) is 2.75. The minimum absolute atomic E-state index is 0.0939. The van der Waals surface area contributed by atoms with Gasteiger partial charge in [-0.25, -0.2) is 0 Å². The van der Waals surface area contributed by atoms with E-state index in [0.29, 0.717) is 19.6 Å². The number of amides is 2. The summed E-state index contributed by atoms with van der Waals surface area (Å²) < 4.78 is 4.86. The number of carbonyl (C=O) groups is 2. The van der Waals surface area contributed by atoms with Gasteiger partial charge in [-0.15, -0.1) is 0 Å². The fourth-order valence-electron chi connectivity index (χ4n) is 2.03. The second-order valence-corrected chi connectivity index (χ2v) is 3.80. The zero-order valence-corrected chi connectivity index (χ0v) is 8.10. The summed E-state index contributed by atoms with van der Waals surface area (Å²) in [6, 6.07) is -0.214. The number of fused-ring (bicyclic) bond motifs is 1. The van der Waals surface area contributed by atoms with E-state index < -0.39 is 0 Å². The lowest BCUT2D eigenvalue weighted by atomic mass is 10.3. The Morgan fingerprint density at radius 1 is 1.36 bits per heavy atom. The number of nitrogens with zero attached hydrogens (tertiary/aromatic N) is 1. The van der Waals surface area contributed by atoms with Crippen LogP contribution in [0.4, 0.5) is 0 Å². The van der Waals surface area contributed by atoms with Gasteiger partial charge < -0.3 is 10.5 Å². The number of hydrogen-bond acceptors (Lipinski definition) is 4. The van der Waals surface area contributed by atoms with Crippen molar-refractivity contribution in [3.05, 3.63) is 0 Å². The van der Waals surface area contributed by atoms with Crippen LogP contribution in [0, 0.1) is 11.8 Å². The van der Waals surface area contributed by atoms with Gasteiger partial charge in [0.15, 0.2) is 0 Å². The highest BCUT2D eigenvalue weighted by Gasteiger charge is 2.65. The molecular formula is C9H14N2O3. The second kappa shape index (κ2) is 3.33. The third-order valence-corrected chi connectivity index (χ3v) is 2.91. The van der Waals surface area contributed by atoms with E-state index in [4.69, 9.17) is 10.5 Å². The van der Waals surface area contributed by atoms with Crippen molar-refractivity contribution in [2.24, 2.45) is 17.6 Å². The summed E-state index contributed by atoms with van der Waals surface area (Å²) in [5.41, 5.74) is 5.58. The Kier molecular flexibility index (Phi) is 2.28. The molecule has 0 bridgehead atoms. The lowest BCUT2D eigenvalue weighted by Crippen LogP contribution is -2.38. The molecule has 2 rings (SSSR count). The van der Waals surface area contributed by atoms with E-state index in [1.165, 1.54) is 4.90 Å². The molecule has 0 aromatic carbocycles. The van der Waals surface area contributed by atoms with E-state index in [0.717, 1.165) is 0 Å². The maximum atomic E-state index is 11.5. The molecule has 2 atom stereocenters. The lowest BCUT2D eigenvalue weighted by Gasteiger charge is -2.16. The van der Waals surface area contributed by atoms with Gasteiger partial charge in [-0.2, -0.15) is 0 Å². The Morgan fingerprint density at radius 3 is 2.43 bits per heavy atom. The molecule has 1 aliphatic carbocycles. The van der Waals surface area contributed by atoms with E-state index in [1.807, 2.05) is 0 Å². The maximum Gasteiger partial charge on any atom is 0.234 e. The number of imide groups is 1. The van der Waals surface area contributed by atoms with Gasteiger partial charge in [0, 0.05) is 26.3 Å². The molecular weight excluding hydrogens is 184 g/mol. The molecule has 1 saturated heterocycles. The molecule has 14 heavy (non-hydrogen) atoms. The molecule has 0 aromatic rings. The largest absolute Gasteiger partial charge is 0.385 e. The van der Waals surface area contributed by atoms with Crippen LogP contribution in [-0.2, 0) is 14.3 Å². The summed E-state index contributed by atoms with van der Waals surface area (Å²) in [7, 11) is 1.60. The Bertz CT molecular complexity index is 257. The van der Waals surface area contributed by atoms with Crippen molar-refractivity contribution in [1.82, 2.24) is 4.90 Å². The van der Waals surface area contributed by atoms with Gasteiger partial charge in [0.05, 0.1) is 11.8 Å². The molecule has 2 aliphatic rings. The summed E-state index contributed by atoms with van der Waals surface area (Å²) in [6.07, 6.45) is 0.697. The number of methoxy groups -OCH3 is 1. The van der Waals surface area contributed by atoms with Gasteiger partial charge in [0.25, 0.3) is 0 Å². The van der Waals surface area contributed by atoms with Gasteiger partial charge in [-0.1, -0.05) is 0 Å². The van der Waals surface area contributed by atoms with Gasteiger partial charge in [0.1, 0.15) is 0 Å². The number of ether oxygens (including phenoxy) is 1. The van der Waals surface area contributed by atoms with Crippen molar-refractivity contribution >= 4 is 11.8 Å². The predicted octanol–water partition coefficient (Wildman–Crippen LogP) is -1.03. The van der Waals surface area contributed by atoms with Gasteiger partial charge in [-0.3, -0.25) is 14.5 Å². The van der Waals surface area contributed by atoms with Crippen LogP contribution in [0.25, 0.3) is 0 Å². The van der Waals surface area contributed by atoms with Crippen molar-refractivity contribution in [3.8, 4) is 0 Å². The third-order valence-electron chi connectivity index (χ3n) is 2.91. The van der Waals surface area contributed by atoms with E-state index in [2.05, 4.69) is 0 Å². The normalized spacial score (nSPS) is 35.0. The first kappa shape index (κ1) is 9.61. The van der Waals surface area contributed by atoms with Crippen LogP contribution in [0.15, 0.2) is 0 Å². The van der Waals surface area contributed by atoms with Crippen LogP contribution in [0.2, 0.25) is 0 Å². The molecule has 5 nitrogen and oxygen atoms in total. The molecule has 1 saturated carbocycles. The quantitative estimate of drug-likeness (QED) is 0.463. The molecule has 2 fully saturated rings. The van der Waals surface area contributed by atoms with Crippen molar-refractivity contribution in [2.75, 3.05) is 20.3 Å². The SMILES string of the molecule is COCCCN1C(=O)C2C(N)C2C1=O. The number of piperidine rings is 1. The molecule has 5 heteroatoms. The summed E-state index contributed by atoms with van der Waals surface area (Å²) in [5.74, 6) is -0.623. The molecule has 1 aliphatic heterocycles. The van der Waals surface area contributed by atoms with Crippen LogP contribution >= 0.6 is 0 Å². The minimum Gasteiger partial charge on any atom is -0.385 e. The van der Waals surface area contributed by atoms with Crippen LogP contribution in [-0.4, -0.2) is 43.0 Å². The lowest BCUT2D eigenvalue weighted by molar-refractivity contribution is -0.141. The van der Waals surface area contributed by atoms with Crippen molar-refractivity contribution in [2.45, 2.75) is 12.5 Å². The number of likely N-dealkylation sites (tertiary alicyclic amines) is 1. The zero-order valence-electron chi connectivity index (χ0n) is 8.10. The Hall–Kier alpha value is -0.940. The van der Waals surface area contributed by atoms with Crippen LogP contribution < -0.4 is 5.73 Å². The monoisotopic (exact) mass is 198 g/mol. The second-order valence-electron chi connectivity index (χ2n) is 3.80. The fraction of sp³-hybridized carbons (Fsp3) is 0.778. The van der Waals surface area contributed by atoms with E-state index >= 15 is 0 Å². The van der Waals surface area contributed by atoms with Crippen LogP contribution in [0.1, 0.15) is 6.42 Å². The molecule has 0 radical (unpaired) electrons. The molecule has 78 valence electrons. The molecule has 2 N–H and O–H groups in total. The van der Waals surface area contributed by atoms with Crippen LogP contribution in [0.5, 0.6) is 0 Å². The zero-order chi connectivity index (χ0) is 10.3. The summed E-state index contributed by atoms with van der Waals surface area (Å²) >= 11 is 0. The predicted molar refractivity (Wildman–Crippen MR) is 48.2 cm³/mol. The van der Waals surface area contributed by atoms with Crippen LogP contribution in [0.3, 0.4) is 0 Å². The van der Waals surface area contributed by atoms with E-state index in [1.54, 1.807) is 7.11 Å². The minimum atomic E-state index is -0.218. The Balaban J connectivity index is 1.90. The summed E-state index contributed by atoms with van der Waals surface area (Å²) in [4.78, 5) is 24.4. The standard InChI is InChI=1S/C9H14N2O3/c1-14-4-2-3-11-8(12)5-6(7(5)10)9(11)13/h5-7H,2-4,10H2,1H3. The number of rotatable bonds is 4. The number of carbonyl (C=O) groups excluding carboxylic acids is 2. The van der Waals surface area contributed by atoms with Crippen molar-refractivity contribution in [1.29, 1.82) is 0 Å². The first-order valence-corrected chi connectivity index (χ1v) is 4.78. The van der Waals surface area contributed by atoms with Crippen molar-refractivity contribution in [3.63, 3.8) is 0 Å². The number of hydrogen-bond donors (Lipinski definition) is 1. The molecule has 0 spiro atoms. The first-order valence-electron chi connectivity index (χ1n) is 4.78. The Labute approximate surface area is 82.2 Å². The van der Waals surface area contributed by atoms with E-state index in [9.17, 15) is 9.59 Å². The Morgan fingerprint density at radius 2 is 1.93 bits per heavy atom.